The summed E-state index contributed by atoms with van der Waals surface area (Å²) in [6, 6.07) is 72.3. The Morgan fingerprint density at radius 3 is 0.977 bits per heavy atom. The first-order chi connectivity index (χ1) is 21.8. The first-order valence-corrected chi connectivity index (χ1v) is 16.6. The summed E-state index contributed by atoms with van der Waals surface area (Å²) in [4.78, 5) is 7.56. The molecular weight excluding hydrogens is 551 g/mol. The van der Waals surface area contributed by atoms with Gasteiger partial charge in [0.05, 0.1) is 0 Å². The van der Waals surface area contributed by atoms with Crippen LogP contribution in [0.2, 0.25) is 0 Å². The van der Waals surface area contributed by atoms with Gasteiger partial charge in [-0.05, 0) is 96.1 Å². The molecule has 212 valence electrons. The van der Waals surface area contributed by atoms with Crippen molar-refractivity contribution in [3.8, 4) is 11.1 Å². The highest BCUT2D eigenvalue weighted by molar-refractivity contribution is 8.34. The van der Waals surface area contributed by atoms with Gasteiger partial charge in [0, 0.05) is 36.6 Å². The van der Waals surface area contributed by atoms with Crippen LogP contribution in [0.25, 0.3) is 11.1 Å². The van der Waals surface area contributed by atoms with Crippen molar-refractivity contribution in [3.63, 3.8) is 0 Å². The van der Waals surface area contributed by atoms with Crippen LogP contribution < -0.4 is 4.90 Å². The summed E-state index contributed by atoms with van der Waals surface area (Å²) in [6.45, 7) is 0. The predicted molar refractivity (Wildman–Crippen MR) is 187 cm³/mol. The van der Waals surface area contributed by atoms with Crippen molar-refractivity contribution in [1.29, 1.82) is 0 Å². The highest BCUT2D eigenvalue weighted by Crippen LogP contribution is 2.73. The molecule has 0 N–H and O–H groups in total. The fourth-order valence-electron chi connectivity index (χ4n) is 5.95. The van der Waals surface area contributed by atoms with Gasteiger partial charge in [-0.2, -0.15) is 0 Å². The summed E-state index contributed by atoms with van der Waals surface area (Å²) in [5.74, 6) is 0. The number of anilines is 3. The highest BCUT2D eigenvalue weighted by atomic mass is 32.3. The van der Waals surface area contributed by atoms with E-state index in [0.717, 1.165) is 17.1 Å². The number of benzene rings is 7. The molecule has 0 fully saturated rings. The number of hydrogen-bond donors (Lipinski definition) is 0. The minimum absolute atomic E-state index is 1.12. The SMILES string of the molecule is c1ccc(-c2ccc(S(c3ccccc3)(c3ccccc3)c3ccc(N(c4ccccc4)c4ccccc4)cc3)cc2)cc1. The van der Waals surface area contributed by atoms with Crippen molar-refractivity contribution in [2.75, 3.05) is 4.90 Å². The van der Waals surface area contributed by atoms with Crippen molar-refractivity contribution in [2.45, 2.75) is 19.6 Å². The van der Waals surface area contributed by atoms with Crippen LogP contribution in [-0.2, 0) is 0 Å². The first kappa shape index (κ1) is 27.5. The number of para-hydroxylation sites is 2. The Balaban J connectivity index is 1.42. The molecule has 1 nitrogen and oxygen atoms in total. The zero-order chi connectivity index (χ0) is 29.6. The molecule has 0 amide bonds. The van der Waals surface area contributed by atoms with E-state index in [0.29, 0.717) is 0 Å². The van der Waals surface area contributed by atoms with Gasteiger partial charge in [0.2, 0.25) is 0 Å². The summed E-state index contributed by atoms with van der Waals surface area (Å²) in [7, 11) is -1.80. The third kappa shape index (κ3) is 5.21. The molecule has 0 saturated carbocycles. The van der Waals surface area contributed by atoms with Crippen molar-refractivity contribution < 1.29 is 0 Å². The molecule has 0 atom stereocenters. The molecule has 0 aliphatic heterocycles. The molecule has 0 saturated heterocycles. The third-order valence-corrected chi connectivity index (χ3v) is 11.9. The second-order valence-corrected chi connectivity index (χ2v) is 13.7. The fraction of sp³-hybridized carbons (Fsp3) is 0. The molecule has 7 aromatic rings. The van der Waals surface area contributed by atoms with Crippen LogP contribution in [0.4, 0.5) is 17.1 Å². The van der Waals surface area contributed by atoms with Gasteiger partial charge in [-0.3, -0.25) is 0 Å². The normalized spacial score (nSPS) is 11.5. The van der Waals surface area contributed by atoms with Crippen molar-refractivity contribution >= 4 is 27.1 Å². The fourth-order valence-corrected chi connectivity index (χ4v) is 9.80. The molecule has 0 unspecified atom stereocenters. The summed E-state index contributed by atoms with van der Waals surface area (Å²) in [5.41, 5.74) is 5.84. The Morgan fingerprint density at radius 2 is 0.545 bits per heavy atom. The lowest BCUT2D eigenvalue weighted by Crippen LogP contribution is -2.10. The van der Waals surface area contributed by atoms with E-state index < -0.39 is 10.0 Å². The molecule has 0 aliphatic rings. The van der Waals surface area contributed by atoms with Crippen molar-refractivity contribution in [2.24, 2.45) is 0 Å². The van der Waals surface area contributed by atoms with Crippen LogP contribution in [0.3, 0.4) is 0 Å². The average molecular weight is 584 g/mol. The standard InChI is InChI=1S/C42H33NS/c1-6-16-34(17-7-1)35-26-30-41(31-27-35)44(39-22-12-4-13-23-39,40-24-14-5-15-25-40)42-32-28-38(29-33-42)43(36-18-8-2-9-19-36)37-20-10-3-11-21-37/h1-33H. The Morgan fingerprint density at radius 1 is 0.250 bits per heavy atom. The van der Waals surface area contributed by atoms with Crippen LogP contribution in [-0.4, -0.2) is 0 Å². The van der Waals surface area contributed by atoms with Crippen LogP contribution >= 0.6 is 10.0 Å². The quantitative estimate of drug-likeness (QED) is 0.172. The molecule has 0 bridgehead atoms. The zero-order valence-corrected chi connectivity index (χ0v) is 25.2. The van der Waals surface area contributed by atoms with Gasteiger partial charge in [0.25, 0.3) is 0 Å². The van der Waals surface area contributed by atoms with E-state index in [9.17, 15) is 0 Å². The summed E-state index contributed by atoms with van der Waals surface area (Å²) < 4.78 is 0. The first-order valence-electron chi connectivity index (χ1n) is 14.9. The molecule has 7 aromatic carbocycles. The van der Waals surface area contributed by atoms with E-state index in [1.165, 1.54) is 30.7 Å². The lowest BCUT2D eigenvalue weighted by molar-refractivity contribution is 1.22. The maximum atomic E-state index is 2.34. The lowest BCUT2D eigenvalue weighted by atomic mass is 10.1. The molecule has 0 heterocycles. The topological polar surface area (TPSA) is 3.24 Å². The van der Waals surface area contributed by atoms with Gasteiger partial charge < -0.3 is 4.90 Å². The van der Waals surface area contributed by atoms with E-state index in [2.05, 4.69) is 205 Å². The molecular formula is C42H33NS. The summed E-state index contributed by atoms with van der Waals surface area (Å²) >= 11 is 0. The van der Waals surface area contributed by atoms with Gasteiger partial charge in [0.15, 0.2) is 0 Å². The summed E-state index contributed by atoms with van der Waals surface area (Å²) in [6.07, 6.45) is 0. The molecule has 0 spiro atoms. The molecule has 0 aliphatic carbocycles. The minimum atomic E-state index is -1.80. The van der Waals surface area contributed by atoms with Gasteiger partial charge >= 0.3 is 0 Å². The second kappa shape index (κ2) is 12.5. The Bertz CT molecular complexity index is 1830. The van der Waals surface area contributed by atoms with E-state index in [4.69, 9.17) is 0 Å². The summed E-state index contributed by atoms with van der Waals surface area (Å²) in [5, 5.41) is 0. The van der Waals surface area contributed by atoms with E-state index in [1.807, 2.05) is 0 Å². The molecule has 7 rings (SSSR count). The van der Waals surface area contributed by atoms with Crippen LogP contribution in [0.15, 0.2) is 220 Å². The Kier molecular flexibility index (Phi) is 7.82. The van der Waals surface area contributed by atoms with Gasteiger partial charge in [-0.15, -0.1) is 10.0 Å². The number of rotatable bonds is 8. The van der Waals surface area contributed by atoms with Crippen molar-refractivity contribution in [1.82, 2.24) is 0 Å². The zero-order valence-electron chi connectivity index (χ0n) is 24.4. The van der Waals surface area contributed by atoms with Gasteiger partial charge in [0.1, 0.15) is 0 Å². The predicted octanol–water partition coefficient (Wildman–Crippen LogP) is 12.2. The molecule has 0 aromatic heterocycles. The second-order valence-electron chi connectivity index (χ2n) is 10.6. The molecule has 44 heavy (non-hydrogen) atoms. The van der Waals surface area contributed by atoms with Gasteiger partial charge in [-0.1, -0.05) is 115 Å². The maximum Gasteiger partial charge on any atom is 0.0462 e. The highest BCUT2D eigenvalue weighted by Gasteiger charge is 2.33. The van der Waals surface area contributed by atoms with Gasteiger partial charge in [-0.25, -0.2) is 0 Å². The van der Waals surface area contributed by atoms with E-state index in [1.54, 1.807) is 0 Å². The van der Waals surface area contributed by atoms with E-state index >= 15 is 0 Å². The number of nitrogens with zero attached hydrogens (tertiary/aromatic N) is 1. The monoisotopic (exact) mass is 583 g/mol. The smallest absolute Gasteiger partial charge is 0.0462 e. The Hall–Kier alpha value is -5.31. The van der Waals surface area contributed by atoms with Crippen LogP contribution in [0.5, 0.6) is 0 Å². The third-order valence-electron chi connectivity index (χ3n) is 7.99. The maximum absolute atomic E-state index is 2.34. The van der Waals surface area contributed by atoms with E-state index in [-0.39, 0.29) is 0 Å². The largest absolute Gasteiger partial charge is 0.311 e. The number of hydrogen-bond acceptors (Lipinski definition) is 1. The average Bonchev–Trinajstić information content (AvgIpc) is 3.12. The van der Waals surface area contributed by atoms with Crippen LogP contribution in [0, 0.1) is 0 Å². The Labute approximate surface area is 262 Å². The van der Waals surface area contributed by atoms with Crippen molar-refractivity contribution in [3.05, 3.63) is 200 Å². The molecule has 0 radical (unpaired) electrons. The van der Waals surface area contributed by atoms with Crippen LogP contribution in [0.1, 0.15) is 0 Å². The molecule has 2 heteroatoms. The minimum Gasteiger partial charge on any atom is -0.311 e. The lowest BCUT2D eigenvalue weighted by Gasteiger charge is -2.42.